The largest absolute Gasteiger partial charge is 0.349 e. The Kier molecular flexibility index (Phi) is 6.09. The van der Waals surface area contributed by atoms with Crippen LogP contribution in [0, 0.1) is 0 Å². The predicted molar refractivity (Wildman–Crippen MR) is 87.6 cm³/mol. The first-order valence-electron chi connectivity index (χ1n) is 6.90. The molecule has 0 aromatic heterocycles. The molecule has 1 fully saturated rings. The van der Waals surface area contributed by atoms with Gasteiger partial charge in [-0.2, -0.15) is 0 Å². The number of amides is 1. The van der Waals surface area contributed by atoms with Crippen LogP contribution in [-0.4, -0.2) is 5.91 Å². The van der Waals surface area contributed by atoms with Crippen LogP contribution >= 0.6 is 23.2 Å². The van der Waals surface area contributed by atoms with Crippen molar-refractivity contribution in [3.63, 3.8) is 0 Å². The lowest BCUT2D eigenvalue weighted by atomic mass is 9.97. The first-order valence-corrected chi connectivity index (χ1v) is 7.66. The number of hydrogen-bond acceptors (Lipinski definition) is 1. The summed E-state index contributed by atoms with van der Waals surface area (Å²) in [4.78, 5) is 11.2. The summed E-state index contributed by atoms with van der Waals surface area (Å²) in [5.74, 6) is 0.149. The number of rotatable bonds is 1. The average Bonchev–Trinajstić information content (AvgIpc) is 2.49. The van der Waals surface area contributed by atoms with Crippen LogP contribution in [-0.2, 0) is 4.79 Å². The van der Waals surface area contributed by atoms with E-state index < -0.39 is 0 Å². The molecule has 0 radical (unpaired) electrons. The number of piperidine rings is 1. The average molecular weight is 322 g/mol. The van der Waals surface area contributed by atoms with Gasteiger partial charge in [-0.15, -0.1) is 0 Å². The van der Waals surface area contributed by atoms with Crippen LogP contribution < -0.4 is 5.32 Å². The Morgan fingerprint density at radius 3 is 2.05 bits per heavy atom. The molecule has 1 aliphatic rings. The maximum absolute atomic E-state index is 11.2. The summed E-state index contributed by atoms with van der Waals surface area (Å²) in [6, 6.07) is 17.3. The molecule has 2 aromatic rings. The van der Waals surface area contributed by atoms with E-state index >= 15 is 0 Å². The maximum atomic E-state index is 11.2. The predicted octanol–water partition coefficient (Wildman–Crippen LogP) is 5.02. The SMILES string of the molecule is Clc1ccccc1.O=C1CCCC(c2ccc(Cl)cc2)N1. The highest BCUT2D eigenvalue weighted by Gasteiger charge is 2.19. The molecule has 21 heavy (non-hydrogen) atoms. The number of nitrogens with one attached hydrogen (secondary N) is 1. The van der Waals surface area contributed by atoms with E-state index in [9.17, 15) is 4.79 Å². The van der Waals surface area contributed by atoms with E-state index in [1.807, 2.05) is 54.6 Å². The third-order valence-electron chi connectivity index (χ3n) is 3.24. The Bertz CT molecular complexity index is 569. The Hall–Kier alpha value is -1.51. The fourth-order valence-corrected chi connectivity index (χ4v) is 2.44. The van der Waals surface area contributed by atoms with E-state index in [4.69, 9.17) is 23.2 Å². The number of carbonyl (C=O) groups is 1. The second-order valence-electron chi connectivity index (χ2n) is 4.86. The van der Waals surface area contributed by atoms with Crippen molar-refractivity contribution in [3.8, 4) is 0 Å². The molecule has 3 rings (SSSR count). The Morgan fingerprint density at radius 2 is 1.52 bits per heavy atom. The van der Waals surface area contributed by atoms with Gasteiger partial charge in [-0.25, -0.2) is 0 Å². The standard InChI is InChI=1S/C11H12ClNO.C6H5Cl/c12-9-6-4-8(5-7-9)10-2-1-3-11(14)13-10;7-6-4-2-1-3-5-6/h4-7,10H,1-3H2,(H,13,14);1-5H. The van der Waals surface area contributed by atoms with Crippen molar-refractivity contribution in [1.29, 1.82) is 0 Å². The van der Waals surface area contributed by atoms with Gasteiger partial charge in [-0.3, -0.25) is 4.79 Å². The zero-order valence-electron chi connectivity index (χ0n) is 11.6. The van der Waals surface area contributed by atoms with E-state index in [1.165, 1.54) is 0 Å². The van der Waals surface area contributed by atoms with Crippen molar-refractivity contribution in [1.82, 2.24) is 5.32 Å². The molecule has 0 saturated carbocycles. The molecular weight excluding hydrogens is 305 g/mol. The maximum Gasteiger partial charge on any atom is 0.220 e. The van der Waals surface area contributed by atoms with Gasteiger partial charge in [0.15, 0.2) is 0 Å². The van der Waals surface area contributed by atoms with E-state index in [0.29, 0.717) is 6.42 Å². The van der Waals surface area contributed by atoms with Gasteiger partial charge in [0, 0.05) is 16.5 Å². The molecule has 0 aliphatic carbocycles. The third kappa shape index (κ3) is 5.41. The van der Waals surface area contributed by atoms with Gasteiger partial charge in [0.25, 0.3) is 0 Å². The summed E-state index contributed by atoms with van der Waals surface area (Å²) >= 11 is 11.3. The van der Waals surface area contributed by atoms with Crippen LogP contribution in [0.25, 0.3) is 0 Å². The second kappa shape index (κ2) is 8.06. The normalized spacial score (nSPS) is 17.4. The van der Waals surface area contributed by atoms with Gasteiger partial charge in [-0.05, 0) is 42.7 Å². The Balaban J connectivity index is 0.000000194. The fraction of sp³-hybridized carbons (Fsp3) is 0.235. The van der Waals surface area contributed by atoms with Gasteiger partial charge in [-0.1, -0.05) is 53.5 Å². The highest BCUT2D eigenvalue weighted by Crippen LogP contribution is 2.24. The zero-order chi connectivity index (χ0) is 15.1. The lowest BCUT2D eigenvalue weighted by molar-refractivity contribution is -0.123. The summed E-state index contributed by atoms with van der Waals surface area (Å²) in [6.45, 7) is 0. The molecule has 110 valence electrons. The van der Waals surface area contributed by atoms with Crippen molar-refractivity contribution in [2.75, 3.05) is 0 Å². The highest BCUT2D eigenvalue weighted by atomic mass is 35.5. The van der Waals surface area contributed by atoms with Crippen molar-refractivity contribution >= 4 is 29.1 Å². The number of hydrogen-bond donors (Lipinski definition) is 1. The fourth-order valence-electron chi connectivity index (χ4n) is 2.17. The van der Waals surface area contributed by atoms with Crippen LogP contribution in [0.1, 0.15) is 30.9 Å². The van der Waals surface area contributed by atoms with Gasteiger partial charge < -0.3 is 5.32 Å². The van der Waals surface area contributed by atoms with E-state index in [-0.39, 0.29) is 11.9 Å². The summed E-state index contributed by atoms with van der Waals surface area (Å²) in [5, 5.41) is 4.50. The quantitative estimate of drug-likeness (QED) is 0.784. The molecule has 1 amide bonds. The van der Waals surface area contributed by atoms with Crippen LogP contribution in [0.15, 0.2) is 54.6 Å². The minimum Gasteiger partial charge on any atom is -0.349 e. The minimum atomic E-state index is 0.149. The molecule has 1 heterocycles. The first-order chi connectivity index (χ1) is 10.1. The molecule has 2 nitrogen and oxygen atoms in total. The Morgan fingerprint density at radius 1 is 0.905 bits per heavy atom. The lowest BCUT2D eigenvalue weighted by Crippen LogP contribution is -2.32. The molecule has 0 bridgehead atoms. The van der Waals surface area contributed by atoms with E-state index in [1.54, 1.807) is 0 Å². The highest BCUT2D eigenvalue weighted by molar-refractivity contribution is 6.30. The summed E-state index contributed by atoms with van der Waals surface area (Å²) < 4.78 is 0. The Labute approximate surface area is 135 Å². The monoisotopic (exact) mass is 321 g/mol. The number of benzene rings is 2. The van der Waals surface area contributed by atoms with Crippen molar-refractivity contribution in [2.24, 2.45) is 0 Å². The molecule has 1 unspecified atom stereocenters. The molecule has 4 heteroatoms. The first kappa shape index (κ1) is 15.9. The van der Waals surface area contributed by atoms with Crippen LogP contribution in [0.3, 0.4) is 0 Å². The van der Waals surface area contributed by atoms with Crippen molar-refractivity contribution in [3.05, 3.63) is 70.2 Å². The third-order valence-corrected chi connectivity index (χ3v) is 3.74. The molecule has 1 aliphatic heterocycles. The van der Waals surface area contributed by atoms with E-state index in [2.05, 4.69) is 5.32 Å². The smallest absolute Gasteiger partial charge is 0.220 e. The molecule has 1 saturated heterocycles. The van der Waals surface area contributed by atoms with Gasteiger partial charge in [0.2, 0.25) is 5.91 Å². The van der Waals surface area contributed by atoms with Crippen molar-refractivity contribution < 1.29 is 4.79 Å². The minimum absolute atomic E-state index is 0.149. The van der Waals surface area contributed by atoms with Gasteiger partial charge in [0.05, 0.1) is 6.04 Å². The molecule has 1 N–H and O–H groups in total. The van der Waals surface area contributed by atoms with Gasteiger partial charge in [0.1, 0.15) is 0 Å². The molecular formula is C17H17Cl2NO. The van der Waals surface area contributed by atoms with Crippen LogP contribution in [0.4, 0.5) is 0 Å². The summed E-state index contributed by atoms with van der Waals surface area (Å²) in [5.41, 5.74) is 1.14. The second-order valence-corrected chi connectivity index (χ2v) is 5.73. The number of halogens is 2. The molecule has 1 atom stereocenters. The molecule has 0 spiro atoms. The topological polar surface area (TPSA) is 29.1 Å². The van der Waals surface area contributed by atoms with Crippen molar-refractivity contribution in [2.45, 2.75) is 25.3 Å². The number of carbonyl (C=O) groups excluding carboxylic acids is 1. The lowest BCUT2D eigenvalue weighted by Gasteiger charge is -2.23. The van der Waals surface area contributed by atoms with E-state index in [0.717, 1.165) is 28.5 Å². The molecule has 2 aromatic carbocycles. The summed E-state index contributed by atoms with van der Waals surface area (Å²) in [6.07, 6.45) is 2.65. The zero-order valence-corrected chi connectivity index (χ0v) is 13.1. The summed E-state index contributed by atoms with van der Waals surface area (Å²) in [7, 11) is 0. The van der Waals surface area contributed by atoms with Gasteiger partial charge >= 0.3 is 0 Å². The van der Waals surface area contributed by atoms with Crippen LogP contribution in [0.2, 0.25) is 10.0 Å². The van der Waals surface area contributed by atoms with Crippen LogP contribution in [0.5, 0.6) is 0 Å².